The highest BCUT2D eigenvalue weighted by molar-refractivity contribution is 5.78. The summed E-state index contributed by atoms with van der Waals surface area (Å²) >= 11 is 0. The molecule has 2 aromatic rings. The number of nitrogens with one attached hydrogen (secondary N) is 1. The predicted octanol–water partition coefficient (Wildman–Crippen LogP) is 1.77. The summed E-state index contributed by atoms with van der Waals surface area (Å²) in [5.41, 5.74) is 4.34. The summed E-state index contributed by atoms with van der Waals surface area (Å²) in [7, 11) is 0. The zero-order chi connectivity index (χ0) is 21.8. The summed E-state index contributed by atoms with van der Waals surface area (Å²) in [6.07, 6.45) is -0.261. The van der Waals surface area contributed by atoms with E-state index in [2.05, 4.69) is 25.2 Å². The van der Waals surface area contributed by atoms with Crippen LogP contribution in [0, 0.1) is 20.8 Å². The molecule has 0 aliphatic carbocycles. The van der Waals surface area contributed by atoms with Crippen molar-refractivity contribution < 1.29 is 14.3 Å². The smallest absolute Gasteiger partial charge is 0.236 e. The fraction of sp³-hybridized carbons (Fsp3) is 0.545. The molecule has 0 spiro atoms. The number of morpholine rings is 2. The molecule has 4 rings (SSSR count). The molecule has 1 atom stereocenters. The third kappa shape index (κ3) is 5.75. The van der Waals surface area contributed by atoms with Crippen LogP contribution in [-0.2, 0) is 14.3 Å². The number of carbonyl (C=O) groups excluding carboxylic acids is 1. The molecule has 0 aromatic carbocycles. The molecule has 2 aliphatic rings. The number of pyridine rings is 1. The van der Waals surface area contributed by atoms with Gasteiger partial charge in [-0.15, -0.1) is 0 Å². The molecular weight excluding hydrogens is 396 g/mol. The SMILES string of the molecule is Cc1cc(Nc2nc(C)cc(C)n2)cc([C@@H]2CN(C(=O)CN3CCOCC3)CCO2)n1. The molecule has 31 heavy (non-hydrogen) atoms. The third-order valence-electron chi connectivity index (χ3n) is 5.42. The largest absolute Gasteiger partial charge is 0.379 e. The fourth-order valence-electron chi connectivity index (χ4n) is 3.95. The van der Waals surface area contributed by atoms with E-state index in [0.717, 1.165) is 41.6 Å². The maximum Gasteiger partial charge on any atom is 0.236 e. The van der Waals surface area contributed by atoms with Gasteiger partial charge in [-0.1, -0.05) is 0 Å². The van der Waals surface area contributed by atoms with Crippen molar-refractivity contribution in [1.29, 1.82) is 0 Å². The number of aromatic nitrogens is 3. The summed E-state index contributed by atoms with van der Waals surface area (Å²) in [5.74, 6) is 0.686. The lowest BCUT2D eigenvalue weighted by molar-refractivity contribution is -0.141. The van der Waals surface area contributed by atoms with Gasteiger partial charge in [0.2, 0.25) is 11.9 Å². The number of hydrogen-bond acceptors (Lipinski definition) is 8. The number of anilines is 2. The number of ether oxygens (including phenoxy) is 2. The minimum absolute atomic E-state index is 0.129. The van der Waals surface area contributed by atoms with E-state index in [1.165, 1.54) is 0 Å². The number of carbonyl (C=O) groups is 1. The van der Waals surface area contributed by atoms with Crippen LogP contribution in [0.15, 0.2) is 18.2 Å². The first-order valence-electron chi connectivity index (χ1n) is 10.7. The average molecular weight is 427 g/mol. The molecule has 1 amide bonds. The van der Waals surface area contributed by atoms with Crippen molar-refractivity contribution in [1.82, 2.24) is 24.8 Å². The van der Waals surface area contributed by atoms with Crippen LogP contribution in [-0.4, -0.2) is 83.2 Å². The molecule has 0 unspecified atom stereocenters. The van der Waals surface area contributed by atoms with E-state index in [9.17, 15) is 4.79 Å². The Balaban J connectivity index is 1.45. The van der Waals surface area contributed by atoms with Crippen LogP contribution >= 0.6 is 0 Å². The van der Waals surface area contributed by atoms with Crippen LogP contribution in [0.1, 0.15) is 28.9 Å². The highest BCUT2D eigenvalue weighted by Crippen LogP contribution is 2.25. The first kappa shape index (κ1) is 21.6. The van der Waals surface area contributed by atoms with Gasteiger partial charge in [0, 0.05) is 42.4 Å². The zero-order valence-corrected chi connectivity index (χ0v) is 18.4. The minimum Gasteiger partial charge on any atom is -0.379 e. The molecule has 0 bridgehead atoms. The highest BCUT2D eigenvalue weighted by atomic mass is 16.5. The Bertz CT molecular complexity index is 911. The van der Waals surface area contributed by atoms with Crippen LogP contribution in [0.25, 0.3) is 0 Å². The van der Waals surface area contributed by atoms with E-state index >= 15 is 0 Å². The van der Waals surface area contributed by atoms with Crippen LogP contribution < -0.4 is 5.32 Å². The van der Waals surface area contributed by atoms with Crippen molar-refractivity contribution in [3.63, 3.8) is 0 Å². The van der Waals surface area contributed by atoms with E-state index in [4.69, 9.17) is 9.47 Å². The normalized spacial score (nSPS) is 20.0. The lowest BCUT2D eigenvalue weighted by Gasteiger charge is -2.35. The predicted molar refractivity (Wildman–Crippen MR) is 116 cm³/mol. The highest BCUT2D eigenvalue weighted by Gasteiger charge is 2.28. The zero-order valence-electron chi connectivity index (χ0n) is 18.4. The Labute approximate surface area is 182 Å². The van der Waals surface area contributed by atoms with Crippen LogP contribution in [0.3, 0.4) is 0 Å². The van der Waals surface area contributed by atoms with Gasteiger partial charge in [-0.25, -0.2) is 9.97 Å². The van der Waals surface area contributed by atoms with Gasteiger partial charge < -0.3 is 19.7 Å². The summed E-state index contributed by atoms with van der Waals surface area (Å²) in [4.78, 5) is 30.4. The van der Waals surface area contributed by atoms with Gasteiger partial charge in [0.25, 0.3) is 0 Å². The Morgan fingerprint density at radius 3 is 2.45 bits per heavy atom. The molecule has 4 heterocycles. The molecular formula is C22H30N6O3. The van der Waals surface area contributed by atoms with Crippen molar-refractivity contribution in [3.05, 3.63) is 41.0 Å². The molecule has 2 saturated heterocycles. The van der Waals surface area contributed by atoms with Gasteiger partial charge in [0.05, 0.1) is 38.6 Å². The van der Waals surface area contributed by atoms with Gasteiger partial charge >= 0.3 is 0 Å². The van der Waals surface area contributed by atoms with E-state index < -0.39 is 0 Å². The van der Waals surface area contributed by atoms with Gasteiger partial charge in [-0.2, -0.15) is 0 Å². The quantitative estimate of drug-likeness (QED) is 0.773. The summed E-state index contributed by atoms with van der Waals surface area (Å²) in [5, 5.41) is 3.28. The molecule has 2 aliphatic heterocycles. The van der Waals surface area contributed by atoms with E-state index in [-0.39, 0.29) is 12.0 Å². The lowest BCUT2D eigenvalue weighted by Crippen LogP contribution is -2.48. The molecule has 166 valence electrons. The average Bonchev–Trinajstić information content (AvgIpc) is 2.73. The number of hydrogen-bond donors (Lipinski definition) is 1. The Kier molecular flexibility index (Phi) is 6.74. The molecule has 0 saturated carbocycles. The second kappa shape index (κ2) is 9.67. The molecule has 0 radical (unpaired) electrons. The summed E-state index contributed by atoms with van der Waals surface area (Å²) in [6, 6.07) is 5.84. The molecule has 2 fully saturated rings. The Morgan fingerprint density at radius 2 is 1.71 bits per heavy atom. The maximum atomic E-state index is 12.8. The number of aryl methyl sites for hydroxylation is 3. The minimum atomic E-state index is -0.261. The van der Waals surface area contributed by atoms with Crippen LogP contribution in [0.4, 0.5) is 11.6 Å². The molecule has 9 nitrogen and oxygen atoms in total. The van der Waals surface area contributed by atoms with Gasteiger partial charge in [-0.05, 0) is 39.0 Å². The molecule has 2 aromatic heterocycles. The van der Waals surface area contributed by atoms with Crippen LogP contribution in [0.2, 0.25) is 0 Å². The standard InChI is InChI=1S/C22H30N6O3/c1-15-10-16(2)25-22(24-15)26-18-11-17(3)23-19(12-18)20-13-28(6-9-31-20)21(29)14-27-4-7-30-8-5-27/h10-12,20H,4-9,13-14H2,1-3H3,(H,23,24,25,26)/t20-/m0/s1. The van der Waals surface area contributed by atoms with Crippen molar-refractivity contribution >= 4 is 17.5 Å². The first-order chi connectivity index (χ1) is 15.0. The number of rotatable bonds is 5. The monoisotopic (exact) mass is 426 g/mol. The third-order valence-corrected chi connectivity index (χ3v) is 5.42. The lowest BCUT2D eigenvalue weighted by atomic mass is 10.1. The van der Waals surface area contributed by atoms with Gasteiger partial charge in [0.1, 0.15) is 6.10 Å². The van der Waals surface area contributed by atoms with Crippen molar-refractivity contribution in [2.75, 3.05) is 57.9 Å². The second-order valence-corrected chi connectivity index (χ2v) is 8.11. The molecule has 9 heteroatoms. The van der Waals surface area contributed by atoms with E-state index in [1.54, 1.807) is 0 Å². The second-order valence-electron chi connectivity index (χ2n) is 8.11. The van der Waals surface area contributed by atoms with Gasteiger partial charge in [0.15, 0.2) is 0 Å². The number of nitrogens with zero attached hydrogens (tertiary/aromatic N) is 5. The van der Waals surface area contributed by atoms with Crippen molar-refractivity contribution in [3.8, 4) is 0 Å². The summed E-state index contributed by atoms with van der Waals surface area (Å²) < 4.78 is 11.4. The maximum absolute atomic E-state index is 12.8. The first-order valence-corrected chi connectivity index (χ1v) is 10.7. The van der Waals surface area contributed by atoms with Gasteiger partial charge in [-0.3, -0.25) is 14.7 Å². The summed E-state index contributed by atoms with van der Waals surface area (Å²) in [6.45, 7) is 10.8. The number of amides is 1. The van der Waals surface area contributed by atoms with Crippen molar-refractivity contribution in [2.45, 2.75) is 26.9 Å². The van der Waals surface area contributed by atoms with E-state index in [0.29, 0.717) is 45.4 Å². The van der Waals surface area contributed by atoms with Crippen molar-refractivity contribution in [2.24, 2.45) is 0 Å². The Morgan fingerprint density at radius 1 is 1.00 bits per heavy atom. The Hall–Kier alpha value is -2.62. The topological polar surface area (TPSA) is 92.7 Å². The molecule has 1 N–H and O–H groups in total. The van der Waals surface area contributed by atoms with Crippen LogP contribution in [0.5, 0.6) is 0 Å². The van der Waals surface area contributed by atoms with E-state index in [1.807, 2.05) is 43.9 Å². The fourth-order valence-corrected chi connectivity index (χ4v) is 3.95.